The van der Waals surface area contributed by atoms with Gasteiger partial charge in [0.1, 0.15) is 6.10 Å². The highest BCUT2D eigenvalue weighted by Gasteiger charge is 2.32. The smallest absolute Gasteiger partial charge is 0.390 e. The lowest BCUT2D eigenvalue weighted by molar-refractivity contribution is -0.137. The van der Waals surface area contributed by atoms with E-state index in [9.17, 15) is 23.4 Å². The molecule has 0 aliphatic carbocycles. The van der Waals surface area contributed by atoms with E-state index in [0.717, 1.165) is 12.1 Å². The van der Waals surface area contributed by atoms with Crippen LogP contribution in [0.1, 0.15) is 29.2 Å². The number of hydrogen-bond donors (Lipinski definition) is 3. The number of nitrogens with one attached hydrogen (secondary N) is 1. The van der Waals surface area contributed by atoms with E-state index in [-0.39, 0.29) is 12.0 Å². The molecule has 0 spiro atoms. The first-order chi connectivity index (χ1) is 8.77. The summed E-state index contributed by atoms with van der Waals surface area (Å²) in [7, 11) is 1.69. The van der Waals surface area contributed by atoms with Crippen LogP contribution in [0.4, 0.5) is 13.2 Å². The Balaban J connectivity index is 2.98. The van der Waals surface area contributed by atoms with Crippen molar-refractivity contribution in [3.63, 3.8) is 0 Å². The molecule has 3 N–H and O–H groups in total. The number of halogens is 3. The molecule has 0 amide bonds. The summed E-state index contributed by atoms with van der Waals surface area (Å²) < 4.78 is 37.8. The first-order valence-corrected chi connectivity index (χ1v) is 5.96. The SMILES string of the molecule is CNCCC(O)C(O)c1cc(C(F)(F)F)ccc1C. The molecule has 1 rings (SSSR count). The van der Waals surface area contributed by atoms with Crippen molar-refractivity contribution in [1.82, 2.24) is 5.32 Å². The van der Waals surface area contributed by atoms with Gasteiger partial charge in [-0.15, -0.1) is 0 Å². The first-order valence-electron chi connectivity index (χ1n) is 5.96. The molecule has 2 unspecified atom stereocenters. The summed E-state index contributed by atoms with van der Waals surface area (Å²) in [6.45, 7) is 2.07. The minimum Gasteiger partial charge on any atom is -0.390 e. The summed E-state index contributed by atoms with van der Waals surface area (Å²) in [5.74, 6) is 0. The summed E-state index contributed by atoms with van der Waals surface area (Å²) in [6, 6.07) is 3.15. The van der Waals surface area contributed by atoms with Crippen molar-refractivity contribution in [3.8, 4) is 0 Å². The van der Waals surface area contributed by atoms with Gasteiger partial charge in [-0.25, -0.2) is 0 Å². The van der Waals surface area contributed by atoms with Gasteiger partial charge in [0.15, 0.2) is 0 Å². The van der Waals surface area contributed by atoms with Crippen molar-refractivity contribution in [2.24, 2.45) is 0 Å². The number of alkyl halides is 3. The zero-order valence-corrected chi connectivity index (χ0v) is 10.8. The van der Waals surface area contributed by atoms with E-state index in [1.807, 2.05) is 0 Å². The number of aliphatic hydroxyl groups is 2. The number of rotatable bonds is 5. The second-order valence-electron chi connectivity index (χ2n) is 4.47. The molecule has 2 atom stereocenters. The van der Waals surface area contributed by atoms with Gasteiger partial charge in [0.05, 0.1) is 11.7 Å². The Morgan fingerprint density at radius 2 is 1.89 bits per heavy atom. The summed E-state index contributed by atoms with van der Waals surface area (Å²) in [4.78, 5) is 0. The summed E-state index contributed by atoms with van der Waals surface area (Å²) >= 11 is 0. The highest BCUT2D eigenvalue weighted by molar-refractivity contribution is 5.34. The van der Waals surface area contributed by atoms with E-state index in [2.05, 4.69) is 5.32 Å². The van der Waals surface area contributed by atoms with Gasteiger partial charge in [-0.2, -0.15) is 13.2 Å². The standard InChI is InChI=1S/C13H18F3NO2/c1-8-3-4-9(13(14,15)16)7-10(8)12(19)11(18)5-6-17-2/h3-4,7,11-12,17-19H,5-6H2,1-2H3. The van der Waals surface area contributed by atoms with Crippen LogP contribution in [0.3, 0.4) is 0 Å². The molecular weight excluding hydrogens is 259 g/mol. The Hall–Kier alpha value is -1.11. The molecular formula is C13H18F3NO2. The Labute approximate surface area is 110 Å². The molecule has 0 saturated heterocycles. The molecule has 0 aliphatic rings. The molecule has 0 radical (unpaired) electrons. The van der Waals surface area contributed by atoms with Gasteiger partial charge in [0.2, 0.25) is 0 Å². The van der Waals surface area contributed by atoms with Crippen molar-refractivity contribution in [2.75, 3.05) is 13.6 Å². The lowest BCUT2D eigenvalue weighted by Gasteiger charge is -2.21. The zero-order valence-electron chi connectivity index (χ0n) is 10.8. The molecule has 1 aromatic rings. The second-order valence-corrected chi connectivity index (χ2v) is 4.47. The molecule has 1 aromatic carbocycles. The maximum Gasteiger partial charge on any atom is 0.416 e. The molecule has 6 heteroatoms. The van der Waals surface area contributed by atoms with Crippen molar-refractivity contribution >= 4 is 0 Å². The van der Waals surface area contributed by atoms with Gasteiger partial charge < -0.3 is 15.5 Å². The van der Waals surface area contributed by atoms with Crippen LogP contribution in [0.25, 0.3) is 0 Å². The lowest BCUT2D eigenvalue weighted by Crippen LogP contribution is -2.24. The Morgan fingerprint density at radius 3 is 2.42 bits per heavy atom. The number of aliphatic hydroxyl groups excluding tert-OH is 2. The third-order valence-corrected chi connectivity index (χ3v) is 2.98. The highest BCUT2D eigenvalue weighted by Crippen LogP contribution is 2.33. The van der Waals surface area contributed by atoms with E-state index >= 15 is 0 Å². The van der Waals surface area contributed by atoms with Crippen LogP contribution in [0.5, 0.6) is 0 Å². The normalized spacial score (nSPS) is 15.3. The van der Waals surface area contributed by atoms with Gasteiger partial charge in [-0.3, -0.25) is 0 Å². The fourth-order valence-electron chi connectivity index (χ4n) is 1.79. The summed E-state index contributed by atoms with van der Waals surface area (Å²) in [5, 5.41) is 22.5. The number of benzene rings is 1. The van der Waals surface area contributed by atoms with Crippen molar-refractivity contribution < 1.29 is 23.4 Å². The Kier molecular flexibility index (Phi) is 5.34. The number of aryl methyl sites for hydroxylation is 1. The van der Waals surface area contributed by atoms with Crippen molar-refractivity contribution in [1.29, 1.82) is 0 Å². The van der Waals surface area contributed by atoms with Crippen LogP contribution < -0.4 is 5.32 Å². The fourth-order valence-corrected chi connectivity index (χ4v) is 1.79. The minimum atomic E-state index is -4.46. The molecule has 3 nitrogen and oxygen atoms in total. The van der Waals surface area contributed by atoms with Gasteiger partial charge >= 0.3 is 6.18 Å². The van der Waals surface area contributed by atoms with E-state index < -0.39 is 23.9 Å². The first kappa shape index (κ1) is 15.9. The maximum absolute atomic E-state index is 12.6. The predicted octanol–water partition coefficient (Wildman–Crippen LogP) is 2.02. The van der Waals surface area contributed by atoms with Gasteiger partial charge in [0, 0.05) is 0 Å². The largest absolute Gasteiger partial charge is 0.416 e. The summed E-state index contributed by atoms with van der Waals surface area (Å²) in [6.07, 6.45) is -6.63. The quantitative estimate of drug-likeness (QED) is 0.772. The molecule has 19 heavy (non-hydrogen) atoms. The predicted molar refractivity (Wildman–Crippen MR) is 65.7 cm³/mol. The molecule has 0 heterocycles. The van der Waals surface area contributed by atoms with E-state index in [0.29, 0.717) is 12.1 Å². The highest BCUT2D eigenvalue weighted by atomic mass is 19.4. The third-order valence-electron chi connectivity index (χ3n) is 2.98. The minimum absolute atomic E-state index is 0.110. The monoisotopic (exact) mass is 277 g/mol. The van der Waals surface area contributed by atoms with E-state index in [1.165, 1.54) is 6.07 Å². The van der Waals surface area contributed by atoms with Gasteiger partial charge in [-0.1, -0.05) is 6.07 Å². The van der Waals surface area contributed by atoms with Crippen LogP contribution in [-0.2, 0) is 6.18 Å². The van der Waals surface area contributed by atoms with Crippen LogP contribution in [0.2, 0.25) is 0 Å². The lowest BCUT2D eigenvalue weighted by atomic mass is 9.95. The fraction of sp³-hybridized carbons (Fsp3) is 0.538. The molecule has 0 saturated carbocycles. The van der Waals surface area contributed by atoms with Gasteiger partial charge in [0.25, 0.3) is 0 Å². The second kappa shape index (κ2) is 6.36. The van der Waals surface area contributed by atoms with E-state index in [4.69, 9.17) is 0 Å². The van der Waals surface area contributed by atoms with Crippen LogP contribution in [-0.4, -0.2) is 29.9 Å². The van der Waals surface area contributed by atoms with Crippen molar-refractivity contribution in [2.45, 2.75) is 31.7 Å². The zero-order chi connectivity index (χ0) is 14.6. The van der Waals surface area contributed by atoms with Crippen LogP contribution >= 0.6 is 0 Å². The molecule has 0 fully saturated rings. The molecule has 108 valence electrons. The summed E-state index contributed by atoms with van der Waals surface area (Å²) in [5.41, 5.74) is -0.199. The van der Waals surface area contributed by atoms with E-state index in [1.54, 1.807) is 14.0 Å². The van der Waals surface area contributed by atoms with Crippen LogP contribution in [0.15, 0.2) is 18.2 Å². The number of hydrogen-bond acceptors (Lipinski definition) is 3. The third kappa shape index (κ3) is 4.19. The van der Waals surface area contributed by atoms with Gasteiger partial charge in [-0.05, 0) is 50.2 Å². The van der Waals surface area contributed by atoms with Crippen molar-refractivity contribution in [3.05, 3.63) is 34.9 Å². The molecule has 0 aromatic heterocycles. The maximum atomic E-state index is 12.6. The average molecular weight is 277 g/mol. The molecule has 0 aliphatic heterocycles. The average Bonchev–Trinajstić information content (AvgIpc) is 2.34. The molecule has 0 bridgehead atoms. The topological polar surface area (TPSA) is 52.5 Å². The Morgan fingerprint density at radius 1 is 1.26 bits per heavy atom. The van der Waals surface area contributed by atoms with Crippen LogP contribution in [0, 0.1) is 6.92 Å². The Bertz CT molecular complexity index is 421.